The fraction of sp³-hybridized carbons (Fsp3) is 0.458. The molecular weight excluding hydrogens is 705 g/mol. The number of carbonyl (C=O) groups is 2. The molecule has 4 saturated carbocycles. The highest BCUT2D eigenvalue weighted by Gasteiger charge is 2.42. The molecule has 0 radical (unpaired) electrons. The second kappa shape index (κ2) is 17.4. The highest BCUT2D eigenvalue weighted by Crippen LogP contribution is 2.51. The zero-order valence-electron chi connectivity index (χ0n) is 33.0. The number of hydrogen-bond acceptors (Lipinski definition) is 6. The van der Waals surface area contributed by atoms with E-state index >= 15 is 0 Å². The lowest BCUT2D eigenvalue weighted by Gasteiger charge is -2.21. The second-order valence-corrected chi connectivity index (χ2v) is 16.5. The molecule has 0 amide bonds. The Morgan fingerprint density at radius 3 is 1.30 bits per heavy atom. The Balaban J connectivity index is 0.000000172. The van der Waals surface area contributed by atoms with E-state index in [1.54, 1.807) is 14.2 Å². The number of carboxylic acid groups (broad SMARTS) is 2. The summed E-state index contributed by atoms with van der Waals surface area (Å²) in [5, 5.41) is 19.0. The van der Waals surface area contributed by atoms with Crippen molar-refractivity contribution in [2.24, 2.45) is 35.5 Å². The van der Waals surface area contributed by atoms with Crippen LogP contribution in [-0.2, 0) is 9.59 Å². The minimum Gasteiger partial charge on any atom is -0.497 e. The molecule has 8 nitrogen and oxygen atoms in total. The Kier molecular flexibility index (Phi) is 12.2. The third-order valence-electron chi connectivity index (χ3n) is 12.4. The van der Waals surface area contributed by atoms with Crippen LogP contribution in [0.1, 0.15) is 98.3 Å². The number of ether oxygens (including phenoxy) is 4. The molecule has 296 valence electrons. The SMILES string of the molecule is COc1cccc(C2CC2COc2cccc([C@H](C3CC3)[C@H](C)C(=O)O)c2)c1.COc1cccc(C2CC2COc2cccc([C@H](C3CC3)[C@H](C)C(=O)O)c2)c1. The second-order valence-electron chi connectivity index (χ2n) is 16.5. The first-order valence-electron chi connectivity index (χ1n) is 20.3. The van der Waals surface area contributed by atoms with E-state index in [4.69, 9.17) is 18.9 Å². The van der Waals surface area contributed by atoms with Gasteiger partial charge in [0, 0.05) is 11.8 Å². The van der Waals surface area contributed by atoms with E-state index in [-0.39, 0.29) is 23.7 Å². The first kappa shape index (κ1) is 39.3. The van der Waals surface area contributed by atoms with E-state index in [0.717, 1.165) is 72.6 Å². The van der Waals surface area contributed by atoms with Crippen LogP contribution in [0.3, 0.4) is 0 Å². The molecule has 0 saturated heterocycles. The van der Waals surface area contributed by atoms with Crippen molar-refractivity contribution in [2.45, 2.75) is 76.0 Å². The molecular formula is C48H56O8. The molecule has 0 aromatic heterocycles. The zero-order chi connectivity index (χ0) is 39.3. The third-order valence-corrected chi connectivity index (χ3v) is 12.4. The van der Waals surface area contributed by atoms with Gasteiger partial charge >= 0.3 is 11.9 Å². The van der Waals surface area contributed by atoms with Gasteiger partial charge in [0.2, 0.25) is 0 Å². The summed E-state index contributed by atoms with van der Waals surface area (Å²) in [4.78, 5) is 23.1. The fourth-order valence-corrected chi connectivity index (χ4v) is 8.61. The molecule has 4 aliphatic rings. The van der Waals surface area contributed by atoms with Crippen molar-refractivity contribution < 1.29 is 38.7 Å². The Hall–Kier alpha value is -4.98. The molecule has 4 aromatic rings. The zero-order valence-corrected chi connectivity index (χ0v) is 33.0. The average Bonchev–Trinajstić information content (AvgIpc) is 3.99. The molecule has 8 atom stereocenters. The molecule has 8 heteroatoms. The van der Waals surface area contributed by atoms with Crippen LogP contribution in [0, 0.1) is 35.5 Å². The van der Waals surface area contributed by atoms with E-state index in [9.17, 15) is 19.8 Å². The van der Waals surface area contributed by atoms with Crippen LogP contribution >= 0.6 is 0 Å². The van der Waals surface area contributed by atoms with Crippen molar-refractivity contribution in [2.75, 3.05) is 27.4 Å². The van der Waals surface area contributed by atoms with Crippen LogP contribution in [0.4, 0.5) is 0 Å². The molecule has 0 spiro atoms. The summed E-state index contributed by atoms with van der Waals surface area (Å²) in [7, 11) is 3.39. The van der Waals surface area contributed by atoms with Crippen LogP contribution in [0.5, 0.6) is 23.0 Å². The van der Waals surface area contributed by atoms with Crippen LogP contribution in [0.15, 0.2) is 97.1 Å². The Morgan fingerprint density at radius 2 is 0.946 bits per heavy atom. The quantitative estimate of drug-likeness (QED) is 0.103. The highest BCUT2D eigenvalue weighted by molar-refractivity contribution is 5.71. The number of rotatable bonds is 18. The van der Waals surface area contributed by atoms with Crippen molar-refractivity contribution in [3.63, 3.8) is 0 Å². The first-order chi connectivity index (χ1) is 27.1. The van der Waals surface area contributed by atoms with Gasteiger partial charge in [-0.15, -0.1) is 0 Å². The summed E-state index contributed by atoms with van der Waals surface area (Å²) in [5.41, 5.74) is 4.81. The topological polar surface area (TPSA) is 112 Å². The Morgan fingerprint density at radius 1 is 0.571 bits per heavy atom. The van der Waals surface area contributed by atoms with Gasteiger partial charge < -0.3 is 29.2 Å². The number of aliphatic carboxylic acids is 2. The Bertz CT molecular complexity index is 1830. The monoisotopic (exact) mass is 760 g/mol. The van der Waals surface area contributed by atoms with Crippen molar-refractivity contribution in [3.05, 3.63) is 119 Å². The van der Waals surface area contributed by atoms with Crippen LogP contribution in [0.2, 0.25) is 0 Å². The van der Waals surface area contributed by atoms with Crippen molar-refractivity contribution in [3.8, 4) is 23.0 Å². The lowest BCUT2D eigenvalue weighted by molar-refractivity contribution is -0.143. The van der Waals surface area contributed by atoms with Gasteiger partial charge in [0.05, 0.1) is 39.3 Å². The van der Waals surface area contributed by atoms with Gasteiger partial charge in [-0.1, -0.05) is 62.4 Å². The van der Waals surface area contributed by atoms with E-state index in [0.29, 0.717) is 48.7 Å². The molecule has 56 heavy (non-hydrogen) atoms. The van der Waals surface area contributed by atoms with Gasteiger partial charge in [0.1, 0.15) is 23.0 Å². The van der Waals surface area contributed by atoms with Crippen molar-refractivity contribution >= 4 is 11.9 Å². The summed E-state index contributed by atoms with van der Waals surface area (Å²) < 4.78 is 22.8. The van der Waals surface area contributed by atoms with Gasteiger partial charge in [0.15, 0.2) is 0 Å². The third kappa shape index (κ3) is 9.87. The van der Waals surface area contributed by atoms with Crippen molar-refractivity contribution in [1.82, 2.24) is 0 Å². The van der Waals surface area contributed by atoms with E-state index in [1.165, 1.54) is 11.1 Å². The number of methoxy groups -OCH3 is 2. The number of hydrogen-bond donors (Lipinski definition) is 2. The van der Waals surface area contributed by atoms with E-state index < -0.39 is 11.9 Å². The maximum absolute atomic E-state index is 11.5. The molecule has 0 bridgehead atoms. The van der Waals surface area contributed by atoms with Gasteiger partial charge in [-0.05, 0) is 145 Å². The maximum atomic E-state index is 11.5. The number of carboxylic acids is 2. The highest BCUT2D eigenvalue weighted by atomic mass is 16.5. The van der Waals surface area contributed by atoms with Crippen LogP contribution < -0.4 is 18.9 Å². The summed E-state index contributed by atoms with van der Waals surface area (Å²) in [6, 6.07) is 32.7. The minimum absolute atomic E-state index is 0.0755. The molecule has 2 N–H and O–H groups in total. The molecule has 4 fully saturated rings. The summed E-state index contributed by atoms with van der Waals surface area (Å²) in [6.45, 7) is 5.02. The van der Waals surface area contributed by atoms with E-state index in [2.05, 4.69) is 24.3 Å². The fourth-order valence-electron chi connectivity index (χ4n) is 8.61. The van der Waals surface area contributed by atoms with Crippen LogP contribution in [-0.4, -0.2) is 49.6 Å². The van der Waals surface area contributed by atoms with Gasteiger partial charge in [-0.3, -0.25) is 9.59 Å². The van der Waals surface area contributed by atoms with Gasteiger partial charge in [-0.2, -0.15) is 0 Å². The predicted molar refractivity (Wildman–Crippen MR) is 216 cm³/mol. The molecule has 4 aromatic carbocycles. The molecule has 8 rings (SSSR count). The number of benzene rings is 4. The summed E-state index contributed by atoms with van der Waals surface area (Å²) in [5.74, 6) is 4.54. The lowest BCUT2D eigenvalue weighted by atomic mass is 9.83. The molecule has 0 aliphatic heterocycles. The summed E-state index contributed by atoms with van der Waals surface area (Å²) in [6.07, 6.45) is 6.76. The normalized spacial score (nSPS) is 22.9. The average molecular weight is 761 g/mol. The standard InChI is InChI=1S/2C24H28O4/c2*1-15(24(25)26)23(16-9-10-16)18-6-4-8-21(12-18)28-14-19-13-22(19)17-5-3-7-20(11-17)27-2/h2*3-8,11-12,15-16,19,22-23H,9-10,13-14H2,1-2H3,(H,25,26)/t2*15-,19?,22?,23-/m00/s1. The first-order valence-corrected chi connectivity index (χ1v) is 20.3. The van der Waals surface area contributed by atoms with Crippen LogP contribution in [0.25, 0.3) is 0 Å². The maximum Gasteiger partial charge on any atom is 0.306 e. The predicted octanol–water partition coefficient (Wildman–Crippen LogP) is 10.2. The minimum atomic E-state index is -0.720. The van der Waals surface area contributed by atoms with E-state index in [1.807, 2.05) is 86.6 Å². The molecule has 0 heterocycles. The summed E-state index contributed by atoms with van der Waals surface area (Å²) >= 11 is 0. The largest absolute Gasteiger partial charge is 0.497 e. The smallest absolute Gasteiger partial charge is 0.306 e. The van der Waals surface area contributed by atoms with Gasteiger partial charge in [-0.25, -0.2) is 0 Å². The molecule has 4 aliphatic carbocycles. The lowest BCUT2D eigenvalue weighted by Crippen LogP contribution is -2.20. The van der Waals surface area contributed by atoms with Gasteiger partial charge in [0.25, 0.3) is 0 Å². The molecule has 4 unspecified atom stereocenters. The van der Waals surface area contributed by atoms with Crippen molar-refractivity contribution in [1.29, 1.82) is 0 Å². The Labute approximate surface area is 331 Å².